The molecular formula is C3H16O7Si6. The molecule has 0 saturated heterocycles. The van der Waals surface area contributed by atoms with Crippen molar-refractivity contribution in [3.05, 3.63) is 12.7 Å². The Balaban J connectivity index is 2.98. The second-order valence-electron chi connectivity index (χ2n) is 2.36. The highest BCUT2D eigenvalue weighted by Crippen LogP contribution is 1.78. The van der Waals surface area contributed by atoms with E-state index < -0.39 is 56.0 Å². The quantitative estimate of drug-likeness (QED) is 0.212. The first-order valence-corrected chi connectivity index (χ1v) is 11.0. The molecule has 0 unspecified atom stereocenters. The van der Waals surface area contributed by atoms with E-state index in [4.69, 9.17) is 25.0 Å². The summed E-state index contributed by atoms with van der Waals surface area (Å²) in [6.07, 6.45) is 1.11. The standard InChI is InChI=1S/C3H16O7Si6/c1-2-3(4)5-12-7-14-9-16-10-15-8-13-6-11/h2H,1,12-16H2,11H3. The molecule has 0 amide bonds. The van der Waals surface area contributed by atoms with E-state index in [1.807, 2.05) is 0 Å². The summed E-state index contributed by atoms with van der Waals surface area (Å²) in [5, 5.41) is 0. The van der Waals surface area contributed by atoms with Crippen molar-refractivity contribution in [2.75, 3.05) is 0 Å². The van der Waals surface area contributed by atoms with Crippen LogP contribution in [0.3, 0.4) is 0 Å². The van der Waals surface area contributed by atoms with Crippen molar-refractivity contribution in [3.63, 3.8) is 0 Å². The molecule has 0 aliphatic heterocycles. The lowest BCUT2D eigenvalue weighted by Gasteiger charge is -2.06. The highest BCUT2D eigenvalue weighted by Gasteiger charge is 1.96. The van der Waals surface area contributed by atoms with Gasteiger partial charge in [-0.3, -0.25) is 0 Å². The van der Waals surface area contributed by atoms with Gasteiger partial charge in [-0.15, -0.1) is 0 Å². The van der Waals surface area contributed by atoms with Gasteiger partial charge in [-0.25, -0.2) is 4.79 Å². The predicted octanol–water partition coefficient (Wildman–Crippen LogP) is -5.93. The van der Waals surface area contributed by atoms with E-state index in [0.717, 1.165) is 16.6 Å². The van der Waals surface area contributed by atoms with Crippen LogP contribution in [0, 0.1) is 0 Å². The van der Waals surface area contributed by atoms with Gasteiger partial charge in [0.15, 0.2) is 0 Å². The van der Waals surface area contributed by atoms with Crippen molar-refractivity contribution < 1.29 is 29.8 Å². The fourth-order valence-corrected chi connectivity index (χ4v) is 8.97. The van der Waals surface area contributed by atoms with Crippen LogP contribution in [0.25, 0.3) is 0 Å². The van der Waals surface area contributed by atoms with Crippen molar-refractivity contribution in [2.24, 2.45) is 0 Å². The van der Waals surface area contributed by atoms with Gasteiger partial charge in [0, 0.05) is 6.08 Å². The molecule has 0 aliphatic rings. The van der Waals surface area contributed by atoms with Crippen LogP contribution in [0.5, 0.6) is 0 Å². The molecule has 13 heteroatoms. The molecule has 7 nitrogen and oxygen atoms in total. The molecule has 0 aromatic heterocycles. The topological polar surface area (TPSA) is 72.5 Å². The third kappa shape index (κ3) is 12.4. The Morgan fingerprint density at radius 2 is 1.50 bits per heavy atom. The Morgan fingerprint density at radius 1 is 1.00 bits per heavy atom. The van der Waals surface area contributed by atoms with E-state index in [1.54, 1.807) is 0 Å². The SMILES string of the molecule is C=CC(=O)O[SiH2]O[SiH2]O[SiH2]O[SiH2]O[SiH2]O[SiH3]. The van der Waals surface area contributed by atoms with Crippen molar-refractivity contribution in [1.29, 1.82) is 0 Å². The molecule has 0 aromatic rings. The average Bonchev–Trinajstić information content (AvgIpc) is 2.31. The first-order valence-electron chi connectivity index (χ1n) is 4.40. The molecule has 0 saturated carbocycles. The molecule has 0 N–H and O–H groups in total. The van der Waals surface area contributed by atoms with Gasteiger partial charge in [0.25, 0.3) is 40.0 Å². The normalized spacial score (nSPS) is 14.0. The smallest absolute Gasteiger partial charge is 0.360 e. The summed E-state index contributed by atoms with van der Waals surface area (Å²) >= 11 is 0. The Hall–Kier alpha value is 0.311. The minimum Gasteiger partial charge on any atom is -0.497 e. The van der Waals surface area contributed by atoms with Crippen LogP contribution in [-0.4, -0.2) is 66.5 Å². The summed E-state index contributed by atoms with van der Waals surface area (Å²) < 4.78 is 30.4. The minimum absolute atomic E-state index is 0.442. The second kappa shape index (κ2) is 13.4. The molecule has 0 rings (SSSR count). The van der Waals surface area contributed by atoms with Crippen LogP contribution in [0.4, 0.5) is 0 Å². The molecule has 0 radical (unpaired) electrons. The van der Waals surface area contributed by atoms with Gasteiger partial charge in [0.05, 0.1) is 0 Å². The van der Waals surface area contributed by atoms with E-state index in [2.05, 4.69) is 6.58 Å². The molecule has 0 spiro atoms. The lowest BCUT2D eigenvalue weighted by atomic mass is 10.7. The molecule has 0 bridgehead atoms. The van der Waals surface area contributed by atoms with Gasteiger partial charge < -0.3 is 25.0 Å². The zero-order valence-electron chi connectivity index (χ0n) is 9.18. The van der Waals surface area contributed by atoms with Gasteiger partial charge in [-0.05, 0) is 0 Å². The van der Waals surface area contributed by atoms with Crippen molar-refractivity contribution in [1.82, 2.24) is 0 Å². The molecular weight excluding hydrogens is 317 g/mol. The maximum atomic E-state index is 10.6. The molecule has 0 atom stereocenters. The molecule has 16 heavy (non-hydrogen) atoms. The summed E-state index contributed by atoms with van der Waals surface area (Å²) in [6.45, 7) is 3.27. The van der Waals surface area contributed by atoms with Crippen LogP contribution in [0.15, 0.2) is 12.7 Å². The van der Waals surface area contributed by atoms with Crippen molar-refractivity contribution in [2.45, 2.75) is 0 Å². The average molecular weight is 333 g/mol. The molecule has 0 aromatic carbocycles. The zero-order valence-corrected chi connectivity index (χ0v) is 18.2. The lowest BCUT2D eigenvalue weighted by molar-refractivity contribution is -0.129. The van der Waals surface area contributed by atoms with Gasteiger partial charge in [-0.2, -0.15) is 0 Å². The van der Waals surface area contributed by atoms with Gasteiger partial charge >= 0.3 is 16.0 Å². The fraction of sp³-hybridized carbons (Fsp3) is 0. The monoisotopic (exact) mass is 332 g/mol. The van der Waals surface area contributed by atoms with Gasteiger partial charge in [0.2, 0.25) is 0 Å². The number of rotatable bonds is 11. The van der Waals surface area contributed by atoms with Crippen LogP contribution < -0.4 is 0 Å². The summed E-state index contributed by atoms with van der Waals surface area (Å²) in [5.74, 6) is -0.442. The molecule has 94 valence electrons. The first-order chi connectivity index (χ1) is 7.81. The molecule has 0 aliphatic carbocycles. The Kier molecular flexibility index (Phi) is 13.6. The minimum atomic E-state index is -1.24. The third-order valence-corrected chi connectivity index (χ3v) is 7.83. The van der Waals surface area contributed by atoms with Crippen molar-refractivity contribution in [3.8, 4) is 0 Å². The number of hydrogen-bond acceptors (Lipinski definition) is 7. The fourth-order valence-electron chi connectivity index (χ4n) is 0.555. The highest BCUT2D eigenvalue weighted by molar-refractivity contribution is 6.47. The largest absolute Gasteiger partial charge is 0.497 e. The zero-order chi connectivity index (χ0) is 12.1. The van der Waals surface area contributed by atoms with E-state index in [9.17, 15) is 4.79 Å². The maximum Gasteiger partial charge on any atom is 0.360 e. The van der Waals surface area contributed by atoms with E-state index in [0.29, 0.717) is 0 Å². The van der Waals surface area contributed by atoms with Gasteiger partial charge in [-0.1, -0.05) is 6.58 Å². The van der Waals surface area contributed by atoms with Gasteiger partial charge in [0.1, 0.15) is 10.5 Å². The Bertz CT molecular complexity index is 191. The Morgan fingerprint density at radius 3 is 2.00 bits per heavy atom. The van der Waals surface area contributed by atoms with Crippen LogP contribution in [0.2, 0.25) is 0 Å². The molecule has 0 heterocycles. The third-order valence-electron chi connectivity index (χ3n) is 1.15. The van der Waals surface area contributed by atoms with Crippen LogP contribution in [-0.2, 0) is 29.8 Å². The number of carbonyl (C=O) groups excluding carboxylic acids is 1. The second-order valence-corrected chi connectivity index (χ2v) is 12.7. The van der Waals surface area contributed by atoms with Crippen LogP contribution in [0.1, 0.15) is 0 Å². The number of carbonyl (C=O) groups is 1. The number of hydrogen-bond donors (Lipinski definition) is 0. The first kappa shape index (κ1) is 16.3. The lowest BCUT2D eigenvalue weighted by Crippen LogP contribution is -2.19. The maximum absolute atomic E-state index is 10.6. The molecule has 0 fully saturated rings. The highest BCUT2D eigenvalue weighted by atomic mass is 28.4. The Labute approximate surface area is 109 Å². The summed E-state index contributed by atoms with van der Waals surface area (Å²) in [5.41, 5.74) is 0. The summed E-state index contributed by atoms with van der Waals surface area (Å²) in [4.78, 5) is 10.6. The van der Waals surface area contributed by atoms with E-state index in [-0.39, 0.29) is 0 Å². The summed E-state index contributed by atoms with van der Waals surface area (Å²) in [7, 11) is -4.13. The van der Waals surface area contributed by atoms with Crippen molar-refractivity contribution >= 4 is 66.5 Å². The van der Waals surface area contributed by atoms with Crippen LogP contribution >= 0.6 is 0 Å². The summed E-state index contributed by atoms with van der Waals surface area (Å²) in [6, 6.07) is 0. The van der Waals surface area contributed by atoms with E-state index in [1.165, 1.54) is 0 Å². The predicted molar refractivity (Wildman–Crippen MR) is 74.4 cm³/mol. The van der Waals surface area contributed by atoms with E-state index >= 15 is 0 Å².